The molecule has 1 saturated carbocycles. The van der Waals surface area contributed by atoms with Gasteiger partial charge in [0.2, 0.25) is 0 Å². The molecule has 1 heterocycles. The van der Waals surface area contributed by atoms with Crippen molar-refractivity contribution in [3.63, 3.8) is 0 Å². The second kappa shape index (κ2) is 9.85. The Bertz CT molecular complexity index is 1230. The molecule has 1 atom stereocenters. The predicted molar refractivity (Wildman–Crippen MR) is 135 cm³/mol. The number of hydrogen-bond acceptors (Lipinski definition) is 5. The zero-order chi connectivity index (χ0) is 26.3. The zero-order valence-electron chi connectivity index (χ0n) is 20.3. The standard InChI is InChI=1S/C26H29F3N2O3S2/c1-25(2,3)31-24(32)22(23(36(31,33)34)17-7-5-4-6-8-17)30-19-11-15-21(16-12-19)35-20-13-9-18(10-14-20)26(27,28)29/h4-10,13-14,19,21,23H,11-12,15-16H2,1-3H3. The van der Waals surface area contributed by atoms with Crippen molar-refractivity contribution in [3.05, 3.63) is 65.7 Å². The molecule has 1 unspecified atom stereocenters. The number of halogens is 3. The highest BCUT2D eigenvalue weighted by Gasteiger charge is 2.54. The summed E-state index contributed by atoms with van der Waals surface area (Å²) in [5.41, 5.74) is -1.01. The molecule has 5 nitrogen and oxygen atoms in total. The van der Waals surface area contributed by atoms with E-state index in [-0.39, 0.29) is 17.0 Å². The highest BCUT2D eigenvalue weighted by molar-refractivity contribution is 8.00. The number of carbonyl (C=O) groups excluding carboxylic acids is 1. The first-order chi connectivity index (χ1) is 16.8. The smallest absolute Gasteiger partial charge is 0.279 e. The summed E-state index contributed by atoms with van der Waals surface area (Å²) in [6, 6.07) is 13.7. The van der Waals surface area contributed by atoms with Crippen LogP contribution in [0.2, 0.25) is 0 Å². The molecule has 194 valence electrons. The number of alkyl halides is 3. The SMILES string of the molecule is CC(C)(C)N1C(=O)C(=NC2CCC(Sc3ccc(C(F)(F)F)cc3)CC2)C(c2ccccc2)S1(=O)=O. The highest BCUT2D eigenvalue weighted by Crippen LogP contribution is 2.41. The number of carbonyl (C=O) groups is 1. The molecule has 2 aliphatic rings. The predicted octanol–water partition coefficient (Wildman–Crippen LogP) is 6.26. The molecular weight excluding hydrogens is 509 g/mol. The van der Waals surface area contributed by atoms with Crippen molar-refractivity contribution in [1.29, 1.82) is 0 Å². The van der Waals surface area contributed by atoms with Gasteiger partial charge in [0.25, 0.3) is 15.9 Å². The van der Waals surface area contributed by atoms with Crippen molar-refractivity contribution >= 4 is 33.4 Å². The maximum absolute atomic E-state index is 13.5. The summed E-state index contributed by atoms with van der Waals surface area (Å²) in [7, 11) is -3.98. The van der Waals surface area contributed by atoms with E-state index in [9.17, 15) is 26.4 Å². The lowest BCUT2D eigenvalue weighted by Crippen LogP contribution is -2.45. The van der Waals surface area contributed by atoms with E-state index in [0.29, 0.717) is 18.4 Å². The second-order valence-corrected chi connectivity index (χ2v) is 13.4. The van der Waals surface area contributed by atoms with Crippen LogP contribution in [-0.2, 0) is 21.0 Å². The number of nitrogens with zero attached hydrogens (tertiary/aromatic N) is 2. The van der Waals surface area contributed by atoms with Crippen LogP contribution in [-0.4, -0.2) is 41.2 Å². The Morgan fingerprint density at radius 1 is 0.917 bits per heavy atom. The molecule has 10 heteroatoms. The van der Waals surface area contributed by atoms with E-state index in [0.717, 1.165) is 34.2 Å². The van der Waals surface area contributed by atoms with Gasteiger partial charge >= 0.3 is 6.18 Å². The van der Waals surface area contributed by atoms with E-state index >= 15 is 0 Å². The number of benzene rings is 2. The molecule has 2 aromatic rings. The Balaban J connectivity index is 1.51. The van der Waals surface area contributed by atoms with Gasteiger partial charge in [-0.25, -0.2) is 12.7 Å². The molecule has 36 heavy (non-hydrogen) atoms. The largest absolute Gasteiger partial charge is 0.416 e. The van der Waals surface area contributed by atoms with Crippen LogP contribution in [0.25, 0.3) is 0 Å². The van der Waals surface area contributed by atoms with Crippen LogP contribution in [0, 0.1) is 0 Å². The van der Waals surface area contributed by atoms with Crippen molar-refractivity contribution < 1.29 is 26.4 Å². The van der Waals surface area contributed by atoms with Crippen LogP contribution in [0.3, 0.4) is 0 Å². The summed E-state index contributed by atoms with van der Waals surface area (Å²) < 4.78 is 66.4. The fourth-order valence-corrected chi connectivity index (χ4v) is 8.18. The summed E-state index contributed by atoms with van der Waals surface area (Å²) >= 11 is 1.54. The Morgan fingerprint density at radius 2 is 1.50 bits per heavy atom. The Morgan fingerprint density at radius 3 is 2.03 bits per heavy atom. The Kier molecular flexibility index (Phi) is 7.31. The molecule has 1 saturated heterocycles. The monoisotopic (exact) mass is 538 g/mol. The van der Waals surface area contributed by atoms with Gasteiger partial charge in [-0.05, 0) is 76.3 Å². The maximum Gasteiger partial charge on any atom is 0.416 e. The van der Waals surface area contributed by atoms with E-state index in [2.05, 4.69) is 0 Å². The van der Waals surface area contributed by atoms with Gasteiger partial charge in [0.05, 0.1) is 17.1 Å². The summed E-state index contributed by atoms with van der Waals surface area (Å²) in [5.74, 6) is -0.572. The number of rotatable bonds is 4. The van der Waals surface area contributed by atoms with Gasteiger partial charge in [0.1, 0.15) is 5.71 Å². The molecule has 2 aromatic carbocycles. The third-order valence-corrected chi connectivity index (χ3v) is 10.0. The third kappa shape index (κ3) is 5.49. The van der Waals surface area contributed by atoms with Gasteiger partial charge in [0.15, 0.2) is 5.25 Å². The second-order valence-electron chi connectivity index (χ2n) is 10.2. The first kappa shape index (κ1) is 26.7. The molecule has 0 radical (unpaired) electrons. The molecule has 0 aromatic heterocycles. The molecule has 1 aliphatic heterocycles. The summed E-state index contributed by atoms with van der Waals surface area (Å²) in [5, 5.41) is -0.915. The fraction of sp³-hybridized carbons (Fsp3) is 0.462. The molecule has 0 N–H and O–H groups in total. The zero-order valence-corrected chi connectivity index (χ0v) is 22.0. The quantitative estimate of drug-likeness (QED) is 0.461. The lowest BCUT2D eigenvalue weighted by Gasteiger charge is -2.30. The van der Waals surface area contributed by atoms with E-state index in [1.807, 2.05) is 0 Å². The van der Waals surface area contributed by atoms with Crippen LogP contribution in [0.15, 0.2) is 64.5 Å². The van der Waals surface area contributed by atoms with E-state index in [1.54, 1.807) is 62.9 Å². The molecule has 0 bridgehead atoms. The average Bonchev–Trinajstić information content (AvgIpc) is 2.99. The van der Waals surface area contributed by atoms with Gasteiger partial charge in [-0.3, -0.25) is 9.79 Å². The lowest BCUT2D eigenvalue weighted by atomic mass is 9.95. The molecule has 0 spiro atoms. The molecule has 2 fully saturated rings. The fourth-order valence-electron chi connectivity index (χ4n) is 4.75. The summed E-state index contributed by atoms with van der Waals surface area (Å²) in [6.45, 7) is 5.07. The van der Waals surface area contributed by atoms with Gasteiger partial charge < -0.3 is 0 Å². The molecule has 4 rings (SSSR count). The molecular formula is C26H29F3N2O3S2. The lowest BCUT2D eigenvalue weighted by molar-refractivity contribution is -0.137. The van der Waals surface area contributed by atoms with Gasteiger partial charge in [-0.15, -0.1) is 11.8 Å². The molecule has 1 amide bonds. The van der Waals surface area contributed by atoms with Gasteiger partial charge in [0, 0.05) is 10.1 Å². The minimum Gasteiger partial charge on any atom is -0.279 e. The number of aliphatic imine (C=N–C) groups is 1. The minimum absolute atomic E-state index is 0.0648. The number of thioether (sulfide) groups is 1. The van der Waals surface area contributed by atoms with Gasteiger partial charge in [-0.2, -0.15) is 13.2 Å². The highest BCUT2D eigenvalue weighted by atomic mass is 32.2. The van der Waals surface area contributed by atoms with Crippen LogP contribution in [0.1, 0.15) is 62.8 Å². The average molecular weight is 539 g/mol. The maximum atomic E-state index is 13.5. The van der Waals surface area contributed by atoms with Crippen molar-refractivity contribution in [1.82, 2.24) is 4.31 Å². The van der Waals surface area contributed by atoms with E-state index < -0.39 is 38.5 Å². The minimum atomic E-state index is -4.36. The van der Waals surface area contributed by atoms with Crippen molar-refractivity contribution in [2.75, 3.05) is 0 Å². The van der Waals surface area contributed by atoms with Crippen LogP contribution < -0.4 is 0 Å². The number of amides is 1. The van der Waals surface area contributed by atoms with Gasteiger partial charge in [-0.1, -0.05) is 30.3 Å². The van der Waals surface area contributed by atoms with Crippen LogP contribution in [0.4, 0.5) is 13.2 Å². The summed E-state index contributed by atoms with van der Waals surface area (Å²) in [6.07, 6.45) is -1.47. The Hall–Kier alpha value is -2.33. The normalized spacial score (nSPS) is 25.9. The van der Waals surface area contributed by atoms with Crippen LogP contribution in [0.5, 0.6) is 0 Å². The number of sulfonamides is 1. The first-order valence-corrected chi connectivity index (χ1v) is 14.2. The van der Waals surface area contributed by atoms with Crippen molar-refractivity contribution in [2.24, 2.45) is 4.99 Å². The van der Waals surface area contributed by atoms with E-state index in [1.165, 1.54) is 12.1 Å². The Labute approximate surface area is 214 Å². The first-order valence-electron chi connectivity index (χ1n) is 11.8. The topological polar surface area (TPSA) is 66.8 Å². The third-order valence-electron chi connectivity index (χ3n) is 6.37. The van der Waals surface area contributed by atoms with Crippen molar-refractivity contribution in [3.8, 4) is 0 Å². The van der Waals surface area contributed by atoms with Crippen molar-refractivity contribution in [2.45, 2.75) is 79.6 Å². The molecule has 1 aliphatic carbocycles. The van der Waals surface area contributed by atoms with E-state index in [4.69, 9.17) is 4.99 Å². The summed E-state index contributed by atoms with van der Waals surface area (Å²) in [4.78, 5) is 18.9. The van der Waals surface area contributed by atoms with Crippen LogP contribution >= 0.6 is 11.8 Å². The number of hydrogen-bond donors (Lipinski definition) is 0.